The van der Waals surface area contributed by atoms with Gasteiger partial charge in [-0.3, -0.25) is 0 Å². The van der Waals surface area contributed by atoms with E-state index in [1.165, 1.54) is 5.56 Å². The van der Waals surface area contributed by atoms with Crippen LogP contribution in [-0.2, 0) is 4.74 Å². The van der Waals surface area contributed by atoms with Crippen LogP contribution in [0.15, 0.2) is 42.5 Å². The van der Waals surface area contributed by atoms with Gasteiger partial charge in [-0.2, -0.15) is 0 Å². The molecular weight excluding hydrogens is 160 g/mol. The summed E-state index contributed by atoms with van der Waals surface area (Å²) in [6, 6.07) is 10.5. The van der Waals surface area contributed by atoms with Crippen LogP contribution in [0.3, 0.4) is 0 Å². The number of hydrogen-bond donors (Lipinski definition) is 0. The smallest absolute Gasteiger partial charge is 0.0728 e. The summed E-state index contributed by atoms with van der Waals surface area (Å²) in [5.74, 6) is 0.442. The van der Waals surface area contributed by atoms with E-state index in [9.17, 15) is 0 Å². The molecule has 2 atom stereocenters. The average Bonchev–Trinajstić information content (AvgIpc) is 2.20. The van der Waals surface area contributed by atoms with Gasteiger partial charge >= 0.3 is 0 Å². The summed E-state index contributed by atoms with van der Waals surface area (Å²) in [6.07, 6.45) is 4.64. The second kappa shape index (κ2) is 3.75. The van der Waals surface area contributed by atoms with Crippen LogP contribution in [-0.4, -0.2) is 12.7 Å². The molecule has 1 aliphatic rings. The summed E-state index contributed by atoms with van der Waals surface area (Å²) >= 11 is 0. The number of rotatable bonds is 1. The quantitative estimate of drug-likeness (QED) is 0.595. The first-order valence-corrected chi connectivity index (χ1v) is 4.71. The van der Waals surface area contributed by atoms with Gasteiger partial charge in [-0.15, -0.1) is 0 Å². The van der Waals surface area contributed by atoms with E-state index in [0.29, 0.717) is 5.92 Å². The second-order valence-electron chi connectivity index (χ2n) is 3.44. The molecule has 0 bridgehead atoms. The van der Waals surface area contributed by atoms with Gasteiger partial charge < -0.3 is 4.74 Å². The second-order valence-corrected chi connectivity index (χ2v) is 3.44. The van der Waals surface area contributed by atoms with Crippen molar-refractivity contribution in [3.05, 3.63) is 48.0 Å². The highest BCUT2D eigenvalue weighted by Crippen LogP contribution is 2.21. The van der Waals surface area contributed by atoms with Gasteiger partial charge in [0.2, 0.25) is 0 Å². The predicted molar refractivity (Wildman–Crippen MR) is 53.7 cm³/mol. The lowest BCUT2D eigenvalue weighted by Crippen LogP contribution is -2.16. The summed E-state index contributed by atoms with van der Waals surface area (Å²) in [7, 11) is 0. The molecule has 13 heavy (non-hydrogen) atoms. The van der Waals surface area contributed by atoms with E-state index in [4.69, 9.17) is 4.74 Å². The minimum absolute atomic E-state index is 0.278. The van der Waals surface area contributed by atoms with E-state index >= 15 is 0 Å². The number of ether oxygens (including phenoxy) is 1. The zero-order valence-electron chi connectivity index (χ0n) is 7.81. The van der Waals surface area contributed by atoms with Crippen LogP contribution < -0.4 is 0 Å². The molecule has 0 saturated heterocycles. The first-order chi connectivity index (χ1) is 6.36. The van der Waals surface area contributed by atoms with E-state index in [1.807, 2.05) is 6.07 Å². The third-order valence-electron chi connectivity index (χ3n) is 2.38. The maximum atomic E-state index is 5.56. The molecule has 1 nitrogen and oxygen atoms in total. The van der Waals surface area contributed by atoms with Crippen molar-refractivity contribution in [3.8, 4) is 0 Å². The van der Waals surface area contributed by atoms with Crippen molar-refractivity contribution in [1.29, 1.82) is 0 Å². The molecule has 0 amide bonds. The van der Waals surface area contributed by atoms with Crippen LogP contribution in [0.5, 0.6) is 0 Å². The van der Waals surface area contributed by atoms with Crippen LogP contribution in [0.25, 0.3) is 0 Å². The zero-order chi connectivity index (χ0) is 9.10. The SMILES string of the molecule is C[C@H]1C=C[C@@H](c2ccccc2)CO1. The van der Waals surface area contributed by atoms with Gasteiger partial charge in [0.05, 0.1) is 12.7 Å². The van der Waals surface area contributed by atoms with Gasteiger partial charge in [0.15, 0.2) is 0 Å². The highest BCUT2D eigenvalue weighted by atomic mass is 16.5. The topological polar surface area (TPSA) is 9.23 Å². The molecule has 0 fully saturated rings. The molecule has 0 spiro atoms. The van der Waals surface area contributed by atoms with Crippen molar-refractivity contribution in [1.82, 2.24) is 0 Å². The van der Waals surface area contributed by atoms with Gasteiger partial charge in [0.1, 0.15) is 0 Å². The Labute approximate surface area is 79.0 Å². The van der Waals surface area contributed by atoms with Crippen molar-refractivity contribution in [2.24, 2.45) is 0 Å². The average molecular weight is 174 g/mol. The van der Waals surface area contributed by atoms with Crippen LogP contribution in [0.1, 0.15) is 18.4 Å². The Morgan fingerprint density at radius 3 is 2.54 bits per heavy atom. The fraction of sp³-hybridized carbons (Fsp3) is 0.333. The molecule has 68 valence electrons. The largest absolute Gasteiger partial charge is 0.373 e. The van der Waals surface area contributed by atoms with Crippen molar-refractivity contribution in [2.75, 3.05) is 6.61 Å². The normalized spacial score (nSPS) is 27.5. The maximum absolute atomic E-state index is 5.56. The summed E-state index contributed by atoms with van der Waals surface area (Å²) < 4.78 is 5.56. The van der Waals surface area contributed by atoms with E-state index in [0.717, 1.165) is 6.61 Å². The lowest BCUT2D eigenvalue weighted by Gasteiger charge is -2.21. The molecule has 0 aromatic heterocycles. The minimum atomic E-state index is 0.278. The highest BCUT2D eigenvalue weighted by Gasteiger charge is 2.13. The standard InChI is InChI=1S/C12H14O/c1-10-7-8-12(9-13-10)11-5-3-2-4-6-11/h2-8,10,12H,9H2,1H3/t10-,12+/m0/s1. The molecule has 0 saturated carbocycles. The fourth-order valence-electron chi connectivity index (χ4n) is 1.56. The van der Waals surface area contributed by atoms with Crippen molar-refractivity contribution in [2.45, 2.75) is 18.9 Å². The van der Waals surface area contributed by atoms with Crippen LogP contribution in [0.2, 0.25) is 0 Å². The van der Waals surface area contributed by atoms with Gasteiger partial charge in [0, 0.05) is 5.92 Å². The van der Waals surface area contributed by atoms with E-state index in [2.05, 4.69) is 43.3 Å². The Balaban J connectivity index is 2.15. The molecule has 0 radical (unpaired) electrons. The number of hydrogen-bond acceptors (Lipinski definition) is 1. The highest BCUT2D eigenvalue weighted by molar-refractivity contribution is 5.25. The Bertz CT molecular complexity index is 289. The van der Waals surface area contributed by atoms with Crippen molar-refractivity contribution >= 4 is 0 Å². The maximum Gasteiger partial charge on any atom is 0.0728 e. The Hall–Kier alpha value is -1.08. The van der Waals surface area contributed by atoms with Gasteiger partial charge in [0.25, 0.3) is 0 Å². The third kappa shape index (κ3) is 1.99. The molecule has 2 rings (SSSR count). The van der Waals surface area contributed by atoms with Crippen LogP contribution in [0, 0.1) is 0 Å². The molecule has 1 aromatic rings. The molecular formula is C12H14O. The Morgan fingerprint density at radius 1 is 1.15 bits per heavy atom. The first kappa shape index (κ1) is 8.52. The van der Waals surface area contributed by atoms with Crippen molar-refractivity contribution in [3.63, 3.8) is 0 Å². The molecule has 1 aliphatic heterocycles. The molecule has 1 heterocycles. The predicted octanol–water partition coefficient (Wildman–Crippen LogP) is 2.75. The third-order valence-corrected chi connectivity index (χ3v) is 2.38. The lowest BCUT2D eigenvalue weighted by molar-refractivity contribution is 0.0825. The summed E-state index contributed by atoms with van der Waals surface area (Å²) in [4.78, 5) is 0. The van der Waals surface area contributed by atoms with Crippen LogP contribution >= 0.6 is 0 Å². The summed E-state index contributed by atoms with van der Waals surface area (Å²) in [5, 5.41) is 0. The van der Waals surface area contributed by atoms with Gasteiger partial charge in [-0.25, -0.2) is 0 Å². The van der Waals surface area contributed by atoms with Gasteiger partial charge in [-0.05, 0) is 12.5 Å². The first-order valence-electron chi connectivity index (χ1n) is 4.71. The lowest BCUT2D eigenvalue weighted by atomic mass is 9.97. The van der Waals surface area contributed by atoms with E-state index < -0.39 is 0 Å². The zero-order valence-corrected chi connectivity index (χ0v) is 7.81. The molecule has 0 unspecified atom stereocenters. The molecule has 1 aromatic carbocycles. The van der Waals surface area contributed by atoms with Gasteiger partial charge in [-0.1, -0.05) is 42.5 Å². The van der Waals surface area contributed by atoms with Crippen molar-refractivity contribution < 1.29 is 4.74 Å². The van der Waals surface area contributed by atoms with E-state index in [1.54, 1.807) is 0 Å². The number of benzene rings is 1. The van der Waals surface area contributed by atoms with E-state index in [-0.39, 0.29) is 6.10 Å². The minimum Gasteiger partial charge on any atom is -0.373 e. The Kier molecular flexibility index (Phi) is 2.46. The monoisotopic (exact) mass is 174 g/mol. The summed E-state index contributed by atoms with van der Waals surface area (Å²) in [6.45, 7) is 2.87. The molecule has 0 N–H and O–H groups in total. The molecule has 0 aliphatic carbocycles. The van der Waals surface area contributed by atoms with Crippen LogP contribution in [0.4, 0.5) is 0 Å². The molecule has 1 heteroatoms. The fourth-order valence-corrected chi connectivity index (χ4v) is 1.56. The Morgan fingerprint density at radius 2 is 1.92 bits per heavy atom. The summed E-state index contributed by atoms with van der Waals surface area (Å²) in [5.41, 5.74) is 1.34.